The van der Waals surface area contributed by atoms with Crippen LogP contribution in [0.3, 0.4) is 0 Å². The third-order valence-electron chi connectivity index (χ3n) is 21.9. The normalized spacial score (nSPS) is 41.9. The van der Waals surface area contributed by atoms with E-state index in [9.17, 15) is 0 Å². The number of ether oxygens (including phenoxy) is 2. The van der Waals surface area contributed by atoms with Gasteiger partial charge in [-0.1, -0.05) is 122 Å². The Hall–Kier alpha value is 0.540. The summed E-state index contributed by atoms with van der Waals surface area (Å²) >= 11 is 3.53. The van der Waals surface area contributed by atoms with E-state index in [0.29, 0.717) is 33.9 Å². The van der Waals surface area contributed by atoms with E-state index < -0.39 is 0 Å². The van der Waals surface area contributed by atoms with Crippen molar-refractivity contribution in [2.75, 3.05) is 67.4 Å². The zero-order valence-electron chi connectivity index (χ0n) is 47.0. The molecule has 0 N–H and O–H groups in total. The van der Waals surface area contributed by atoms with Crippen molar-refractivity contribution in [2.45, 2.75) is 216 Å². The Morgan fingerprint density at radius 1 is 0.657 bits per heavy atom. The van der Waals surface area contributed by atoms with E-state index in [1.54, 1.807) is 5.57 Å². The van der Waals surface area contributed by atoms with Gasteiger partial charge in [0.05, 0.1) is 46.6 Å². The van der Waals surface area contributed by atoms with Crippen LogP contribution in [0, 0.1) is 92.7 Å². The first kappa shape index (κ1) is 58.4. The lowest BCUT2D eigenvalue weighted by Crippen LogP contribution is -3.00. The summed E-state index contributed by atoms with van der Waals surface area (Å²) in [7, 11) is 12.8. The average Bonchev–Trinajstić information content (AvgIpc) is 3.79. The summed E-state index contributed by atoms with van der Waals surface area (Å²) in [6, 6.07) is 0. The van der Waals surface area contributed by atoms with Crippen molar-refractivity contribution in [1.82, 2.24) is 4.90 Å². The Balaban J connectivity index is 0.000000229. The molecule has 0 spiro atoms. The van der Waals surface area contributed by atoms with Gasteiger partial charge < -0.3 is 35.8 Å². The summed E-state index contributed by atoms with van der Waals surface area (Å²) in [5, 5.41) is 0.960. The molecule has 7 fully saturated rings. The molecule has 6 heteroatoms. The number of halogens is 2. The van der Waals surface area contributed by atoms with E-state index in [0.717, 1.165) is 101 Å². The van der Waals surface area contributed by atoms with Gasteiger partial charge in [-0.2, -0.15) is 0 Å². The highest BCUT2D eigenvalue weighted by molar-refractivity contribution is 9.09. The number of likely N-dealkylation sites (N-methyl/N-ethyl adjacent to an activating group) is 1. The summed E-state index contributed by atoms with van der Waals surface area (Å²) in [4.78, 5) is 2.00. The van der Waals surface area contributed by atoms with E-state index >= 15 is 0 Å². The van der Waals surface area contributed by atoms with Crippen molar-refractivity contribution in [2.24, 2.45) is 92.7 Å². The molecule has 0 aromatic rings. The van der Waals surface area contributed by atoms with Crippen LogP contribution in [0.25, 0.3) is 0 Å². The van der Waals surface area contributed by atoms with Crippen LogP contribution in [0.2, 0.25) is 0 Å². The quantitative estimate of drug-likeness (QED) is 0.0927. The van der Waals surface area contributed by atoms with Gasteiger partial charge in [-0.3, -0.25) is 0 Å². The van der Waals surface area contributed by atoms with E-state index in [1.807, 2.05) is 26.0 Å². The maximum Gasteiger partial charge on any atom is 0.102 e. The lowest BCUT2D eigenvalue weighted by molar-refractivity contribution is -0.870. The summed E-state index contributed by atoms with van der Waals surface area (Å²) in [6.45, 7) is 26.0. The van der Waals surface area contributed by atoms with Gasteiger partial charge >= 0.3 is 0 Å². The smallest absolute Gasteiger partial charge is 0.102 e. The maximum absolute atomic E-state index is 6.42. The molecule has 67 heavy (non-hydrogen) atoms. The fraction of sp³-hybridized carbons (Fsp3) is 0.967. The lowest BCUT2D eigenvalue weighted by Gasteiger charge is -2.61. The van der Waals surface area contributed by atoms with Crippen molar-refractivity contribution in [3.63, 3.8) is 0 Å². The Bertz CT molecular complexity index is 1520. The molecule has 7 saturated carbocycles. The minimum absolute atomic E-state index is 0. The highest BCUT2D eigenvalue weighted by Gasteiger charge is 2.62. The second kappa shape index (κ2) is 24.7. The first-order valence-corrected chi connectivity index (χ1v) is 30.1. The molecular weight excluding hydrogens is 952 g/mol. The Morgan fingerprint density at radius 2 is 1.21 bits per heavy atom. The molecule has 8 rings (SSSR count). The van der Waals surface area contributed by atoms with Crippen LogP contribution in [0.15, 0.2) is 11.6 Å². The second-order valence-corrected chi connectivity index (χ2v) is 28.8. The molecule has 17 atom stereocenters. The van der Waals surface area contributed by atoms with Crippen molar-refractivity contribution < 1.29 is 30.9 Å². The highest BCUT2D eigenvalue weighted by atomic mass is 79.9. The van der Waals surface area contributed by atoms with Gasteiger partial charge in [0, 0.05) is 5.33 Å². The van der Waals surface area contributed by atoms with Crippen LogP contribution in [0.5, 0.6) is 0 Å². The molecule has 0 aliphatic heterocycles. The summed E-state index contributed by atoms with van der Waals surface area (Å²) < 4.78 is 13.6. The number of quaternary nitrogens is 1. The predicted molar refractivity (Wildman–Crippen MR) is 288 cm³/mol. The zero-order valence-corrected chi connectivity index (χ0v) is 50.2. The van der Waals surface area contributed by atoms with E-state index in [-0.39, 0.29) is 17.0 Å². The van der Waals surface area contributed by atoms with Crippen molar-refractivity contribution in [3.8, 4) is 0 Å². The molecule has 0 radical (unpaired) electrons. The van der Waals surface area contributed by atoms with Crippen LogP contribution in [0.1, 0.15) is 204 Å². The fourth-order valence-electron chi connectivity index (χ4n) is 18.5. The molecular formula is C61H112Br2N2O2. The molecule has 0 bridgehead atoms. The Morgan fingerprint density at radius 3 is 1.81 bits per heavy atom. The minimum Gasteiger partial charge on any atom is -1.00 e. The molecule has 0 saturated heterocycles. The first-order chi connectivity index (χ1) is 31.1. The molecule has 0 heterocycles. The topological polar surface area (TPSA) is 21.7 Å². The molecule has 17 unspecified atom stereocenters. The first-order valence-electron chi connectivity index (χ1n) is 29.0. The van der Waals surface area contributed by atoms with Gasteiger partial charge in [-0.05, 0) is 223 Å². The number of hydrogen-bond donors (Lipinski definition) is 0. The Labute approximate surface area is 436 Å². The standard InChI is InChI=1S/C29H49BrO.C29H54NO.C3H9N.BrH/c1-20(2)7-6-8-21(3)25-11-12-26-24-10-9-22-19-23(31-18-17-30)13-15-28(22,4)27(24)14-16-29(25,26)5;1-8-9-21(2)25-12-13-26-24-11-10-22-20-23(31-19-18-30(5,6)7)14-16-28(22,3)27(24)15-17-29(25,26)4;1-4(2)3;/h9,20-21,23-27H,6-8,10-19H2,1-5H3;21-27H,8-20H2,1-7H3;1-3H3;1H/q;+1;;/p-1. The molecule has 8 aliphatic carbocycles. The van der Waals surface area contributed by atoms with Crippen molar-refractivity contribution in [1.29, 1.82) is 0 Å². The van der Waals surface area contributed by atoms with Gasteiger partial charge in [0.15, 0.2) is 0 Å². The number of allylic oxidation sites excluding steroid dienone is 1. The summed E-state index contributed by atoms with van der Waals surface area (Å²) in [6.07, 6.45) is 35.1. The lowest BCUT2D eigenvalue weighted by atomic mass is 9.44. The van der Waals surface area contributed by atoms with Crippen LogP contribution in [-0.2, 0) is 9.47 Å². The molecule has 392 valence electrons. The van der Waals surface area contributed by atoms with Crippen LogP contribution >= 0.6 is 15.9 Å². The van der Waals surface area contributed by atoms with Gasteiger partial charge in [0.25, 0.3) is 0 Å². The SMILES string of the molecule is CC(C)CCCC(C)C1CCC2C3CC=C4CC(OCCBr)CCC4(C)C3CCC12C.CCCC(C)C1CCC2C3CCC4CC(OCC[N+](C)(C)C)CCC4(C)C3CCC12C.CN(C)C.[Br-]. The number of nitrogens with zero attached hydrogens (tertiary/aromatic N) is 2. The van der Waals surface area contributed by atoms with Crippen molar-refractivity contribution in [3.05, 3.63) is 11.6 Å². The maximum atomic E-state index is 6.42. The molecule has 4 nitrogen and oxygen atoms in total. The summed E-state index contributed by atoms with van der Waals surface area (Å²) in [5.74, 6) is 11.5. The fourth-order valence-corrected chi connectivity index (χ4v) is 18.7. The van der Waals surface area contributed by atoms with E-state index in [1.165, 1.54) is 141 Å². The molecule has 0 aromatic heterocycles. The van der Waals surface area contributed by atoms with Crippen LogP contribution in [0.4, 0.5) is 0 Å². The molecule has 8 aliphatic rings. The molecule has 0 amide bonds. The summed E-state index contributed by atoms with van der Waals surface area (Å²) in [5.41, 5.74) is 4.07. The van der Waals surface area contributed by atoms with Gasteiger partial charge in [-0.15, -0.1) is 0 Å². The average molecular weight is 1070 g/mol. The monoisotopic (exact) mass is 1060 g/mol. The largest absolute Gasteiger partial charge is 1.00 e. The Kier molecular flexibility index (Phi) is 21.6. The van der Waals surface area contributed by atoms with Gasteiger partial charge in [0.2, 0.25) is 0 Å². The minimum atomic E-state index is 0. The van der Waals surface area contributed by atoms with Gasteiger partial charge in [-0.25, -0.2) is 0 Å². The van der Waals surface area contributed by atoms with E-state index in [4.69, 9.17) is 9.47 Å². The second-order valence-electron chi connectivity index (χ2n) is 28.0. The number of hydrogen-bond acceptors (Lipinski definition) is 3. The number of fused-ring (bicyclic) bond motifs is 10. The van der Waals surface area contributed by atoms with Crippen LogP contribution < -0.4 is 17.0 Å². The third kappa shape index (κ3) is 13.3. The van der Waals surface area contributed by atoms with E-state index in [2.05, 4.69) is 105 Å². The number of rotatable bonds is 15. The third-order valence-corrected chi connectivity index (χ3v) is 22.3. The van der Waals surface area contributed by atoms with Crippen molar-refractivity contribution >= 4 is 15.9 Å². The molecule has 0 aromatic carbocycles. The highest BCUT2D eigenvalue weighted by Crippen LogP contribution is 2.70. The van der Waals surface area contributed by atoms with Crippen LogP contribution in [-0.4, -0.2) is 89.0 Å². The predicted octanol–water partition coefficient (Wildman–Crippen LogP) is 13.2. The number of alkyl halides is 1. The zero-order chi connectivity index (χ0) is 48.2. The van der Waals surface area contributed by atoms with Gasteiger partial charge in [0.1, 0.15) is 6.54 Å².